The summed E-state index contributed by atoms with van der Waals surface area (Å²) >= 11 is 1.77. The summed E-state index contributed by atoms with van der Waals surface area (Å²) in [5, 5.41) is 0. The minimum absolute atomic E-state index is 0.0214. The van der Waals surface area contributed by atoms with Gasteiger partial charge in [-0.2, -0.15) is 11.8 Å². The summed E-state index contributed by atoms with van der Waals surface area (Å²) in [7, 11) is 0. The van der Waals surface area contributed by atoms with Crippen LogP contribution in [0, 0.1) is 17.6 Å². The van der Waals surface area contributed by atoms with Crippen LogP contribution in [-0.4, -0.2) is 41.7 Å². The molecule has 22 heavy (non-hydrogen) atoms. The van der Waals surface area contributed by atoms with Crippen molar-refractivity contribution in [2.24, 2.45) is 5.92 Å². The van der Waals surface area contributed by atoms with Gasteiger partial charge in [-0.15, -0.1) is 0 Å². The van der Waals surface area contributed by atoms with Crippen molar-refractivity contribution in [3.05, 3.63) is 35.4 Å². The van der Waals surface area contributed by atoms with Gasteiger partial charge >= 0.3 is 0 Å². The van der Waals surface area contributed by atoms with Crippen molar-refractivity contribution in [2.75, 3.05) is 25.1 Å². The largest absolute Gasteiger partial charge is 0.342 e. The number of halogens is 2. The van der Waals surface area contributed by atoms with Gasteiger partial charge in [0.1, 0.15) is 0 Å². The van der Waals surface area contributed by atoms with E-state index in [1.165, 1.54) is 6.07 Å². The lowest BCUT2D eigenvalue weighted by atomic mass is 10.1. The van der Waals surface area contributed by atoms with Gasteiger partial charge in [-0.1, -0.05) is 0 Å². The van der Waals surface area contributed by atoms with Crippen LogP contribution in [0.15, 0.2) is 18.2 Å². The van der Waals surface area contributed by atoms with Crippen LogP contribution in [0.1, 0.15) is 29.6 Å². The minimum atomic E-state index is -1.04. The molecule has 1 aromatic rings. The van der Waals surface area contributed by atoms with Crippen LogP contribution in [-0.2, 0) is 4.79 Å². The number of likely N-dealkylation sites (tertiary alicyclic amines) is 1. The molecule has 3 nitrogen and oxygen atoms in total. The zero-order valence-corrected chi connectivity index (χ0v) is 13.3. The minimum Gasteiger partial charge on any atom is -0.342 e. The van der Waals surface area contributed by atoms with Gasteiger partial charge in [-0.05, 0) is 42.5 Å². The van der Waals surface area contributed by atoms with Crippen LogP contribution in [0.4, 0.5) is 8.78 Å². The first kappa shape index (κ1) is 16.9. The number of Topliss-reactive ketones (excluding diaryl/α,β-unsaturated/α-hetero) is 1. The lowest BCUT2D eigenvalue weighted by molar-refractivity contribution is -0.130. The smallest absolute Gasteiger partial charge is 0.223 e. The second-order valence-electron chi connectivity index (χ2n) is 5.50. The first-order valence-electron chi connectivity index (χ1n) is 7.26. The summed E-state index contributed by atoms with van der Waals surface area (Å²) in [5.74, 6) is -0.842. The van der Waals surface area contributed by atoms with Crippen molar-refractivity contribution in [2.45, 2.75) is 19.3 Å². The highest BCUT2D eigenvalue weighted by Gasteiger charge is 2.26. The molecule has 0 radical (unpaired) electrons. The molecule has 0 aromatic heterocycles. The van der Waals surface area contributed by atoms with Gasteiger partial charge in [-0.3, -0.25) is 9.59 Å². The maximum atomic E-state index is 13.1. The van der Waals surface area contributed by atoms with E-state index in [-0.39, 0.29) is 30.1 Å². The first-order chi connectivity index (χ1) is 10.5. The molecule has 1 saturated heterocycles. The van der Waals surface area contributed by atoms with Crippen LogP contribution in [0.5, 0.6) is 0 Å². The number of rotatable bonds is 6. The molecular weight excluding hydrogens is 308 g/mol. The molecule has 1 amide bonds. The van der Waals surface area contributed by atoms with E-state index in [4.69, 9.17) is 0 Å². The molecule has 120 valence electrons. The second kappa shape index (κ2) is 7.72. The highest BCUT2D eigenvalue weighted by molar-refractivity contribution is 7.98. The molecule has 1 aromatic carbocycles. The predicted octanol–water partition coefficient (Wildman–Crippen LogP) is 3.14. The molecule has 1 fully saturated rings. The zero-order valence-electron chi connectivity index (χ0n) is 12.5. The van der Waals surface area contributed by atoms with Crippen molar-refractivity contribution in [1.82, 2.24) is 4.90 Å². The van der Waals surface area contributed by atoms with Gasteiger partial charge in [0.15, 0.2) is 17.4 Å². The maximum absolute atomic E-state index is 13.1. The third-order valence-electron chi connectivity index (χ3n) is 3.85. The highest BCUT2D eigenvalue weighted by Crippen LogP contribution is 2.21. The molecule has 1 heterocycles. The van der Waals surface area contributed by atoms with Gasteiger partial charge in [0, 0.05) is 31.5 Å². The number of hydrogen-bond donors (Lipinski definition) is 0. The predicted molar refractivity (Wildman–Crippen MR) is 83.0 cm³/mol. The van der Waals surface area contributed by atoms with Crippen molar-refractivity contribution in [3.63, 3.8) is 0 Å². The summed E-state index contributed by atoms with van der Waals surface area (Å²) in [4.78, 5) is 25.8. The third-order valence-corrected chi connectivity index (χ3v) is 4.65. The number of carbonyl (C=O) groups excluding carboxylic acids is 2. The average molecular weight is 327 g/mol. The highest BCUT2D eigenvalue weighted by atomic mass is 32.2. The molecule has 1 aliphatic heterocycles. The summed E-state index contributed by atoms with van der Waals surface area (Å²) in [5.41, 5.74) is 0.105. The van der Waals surface area contributed by atoms with Crippen molar-refractivity contribution in [3.8, 4) is 0 Å². The van der Waals surface area contributed by atoms with Crippen molar-refractivity contribution in [1.29, 1.82) is 0 Å². The lowest BCUT2D eigenvalue weighted by Crippen LogP contribution is -2.29. The van der Waals surface area contributed by atoms with E-state index in [0.29, 0.717) is 5.92 Å². The summed E-state index contributed by atoms with van der Waals surface area (Å²) in [6.45, 7) is 1.49. The Morgan fingerprint density at radius 3 is 2.73 bits per heavy atom. The Kier molecular flexibility index (Phi) is 5.94. The topological polar surface area (TPSA) is 37.4 Å². The Morgan fingerprint density at radius 2 is 2.05 bits per heavy atom. The molecule has 0 unspecified atom stereocenters. The fourth-order valence-electron chi connectivity index (χ4n) is 2.62. The average Bonchev–Trinajstić information content (AvgIpc) is 2.96. The molecule has 1 atom stereocenters. The Balaban J connectivity index is 1.83. The van der Waals surface area contributed by atoms with Gasteiger partial charge in [0.2, 0.25) is 5.91 Å². The maximum Gasteiger partial charge on any atom is 0.223 e. The summed E-state index contributed by atoms with van der Waals surface area (Å²) in [6.07, 6.45) is 3.19. The normalized spacial score (nSPS) is 17.8. The van der Waals surface area contributed by atoms with Crippen molar-refractivity contribution >= 4 is 23.5 Å². The molecule has 0 bridgehead atoms. The Labute approximate surface area is 133 Å². The summed E-state index contributed by atoms with van der Waals surface area (Å²) in [6, 6.07) is 3.06. The van der Waals surface area contributed by atoms with Gasteiger partial charge < -0.3 is 4.90 Å². The molecule has 2 rings (SSSR count). The van der Waals surface area contributed by atoms with Crippen LogP contribution < -0.4 is 0 Å². The monoisotopic (exact) mass is 327 g/mol. The number of amides is 1. The standard InChI is InChI=1S/C16H19F2NO2S/c1-22-10-11-6-7-19(9-11)16(21)5-4-15(20)12-2-3-13(17)14(18)8-12/h2-3,8,11H,4-7,9-10H2,1H3/t11-/m1/s1. The lowest BCUT2D eigenvalue weighted by Gasteiger charge is -2.16. The van der Waals surface area contributed by atoms with Crippen LogP contribution in [0.2, 0.25) is 0 Å². The van der Waals surface area contributed by atoms with Crippen LogP contribution in [0.3, 0.4) is 0 Å². The van der Waals surface area contributed by atoms with E-state index in [9.17, 15) is 18.4 Å². The fraction of sp³-hybridized carbons (Fsp3) is 0.500. The number of thioether (sulfide) groups is 1. The van der Waals surface area contributed by atoms with Crippen LogP contribution in [0.25, 0.3) is 0 Å². The van der Waals surface area contributed by atoms with E-state index in [2.05, 4.69) is 0 Å². The molecular formula is C16H19F2NO2S. The first-order valence-corrected chi connectivity index (χ1v) is 8.65. The van der Waals surface area contributed by atoms with Crippen molar-refractivity contribution < 1.29 is 18.4 Å². The van der Waals surface area contributed by atoms with Gasteiger partial charge in [-0.25, -0.2) is 8.78 Å². The molecule has 1 aliphatic rings. The Bertz CT molecular complexity index is 565. The van der Waals surface area contributed by atoms with E-state index in [1.54, 1.807) is 16.7 Å². The second-order valence-corrected chi connectivity index (χ2v) is 6.41. The van der Waals surface area contributed by atoms with Gasteiger partial charge in [0.05, 0.1) is 0 Å². The number of carbonyl (C=O) groups is 2. The fourth-order valence-corrected chi connectivity index (χ4v) is 3.37. The third kappa shape index (κ3) is 4.29. The number of ketones is 1. The zero-order chi connectivity index (χ0) is 16.1. The van der Waals surface area contributed by atoms with Gasteiger partial charge in [0.25, 0.3) is 0 Å². The summed E-state index contributed by atoms with van der Waals surface area (Å²) < 4.78 is 25.9. The SMILES string of the molecule is CSC[C@@H]1CCN(C(=O)CCC(=O)c2ccc(F)c(F)c2)C1. The molecule has 0 aliphatic carbocycles. The van der Waals surface area contributed by atoms with E-state index >= 15 is 0 Å². The molecule has 6 heteroatoms. The van der Waals surface area contributed by atoms with E-state index in [1.807, 2.05) is 6.26 Å². The molecule has 0 N–H and O–H groups in total. The van der Waals surface area contributed by atoms with E-state index in [0.717, 1.165) is 37.4 Å². The number of benzene rings is 1. The van der Waals surface area contributed by atoms with E-state index < -0.39 is 11.6 Å². The van der Waals surface area contributed by atoms with Crippen LogP contribution >= 0.6 is 11.8 Å². The quantitative estimate of drug-likeness (QED) is 0.753. The molecule has 0 spiro atoms. The number of hydrogen-bond acceptors (Lipinski definition) is 3. The Morgan fingerprint density at radius 1 is 1.27 bits per heavy atom. The number of nitrogens with zero attached hydrogens (tertiary/aromatic N) is 1. The molecule has 0 saturated carbocycles. The Hall–Kier alpha value is -1.43.